The molecule has 0 amide bonds. The minimum Gasteiger partial charge on any atom is -0.459 e. The molecular weight excluding hydrogens is 104 g/mol. The van der Waals surface area contributed by atoms with Crippen LogP contribution < -0.4 is 0 Å². The summed E-state index contributed by atoms with van der Waals surface area (Å²) in [5.41, 5.74) is 0. The summed E-state index contributed by atoms with van der Waals surface area (Å²) in [7, 11) is 0. The number of ether oxygens (including phenoxy) is 2. The van der Waals surface area contributed by atoms with Gasteiger partial charge in [0.05, 0.1) is 0 Å². The minimum atomic E-state index is -0.0649. The second kappa shape index (κ2) is 2.07. The summed E-state index contributed by atoms with van der Waals surface area (Å²) >= 11 is 0. The molecule has 1 aliphatic rings. The fourth-order valence-electron chi connectivity index (χ4n) is 0.607. The van der Waals surface area contributed by atoms with Gasteiger partial charge >= 0.3 is 0 Å². The van der Waals surface area contributed by atoms with Gasteiger partial charge in [-0.15, -0.1) is 0 Å². The molecule has 0 saturated carbocycles. The van der Waals surface area contributed by atoms with Crippen molar-refractivity contribution in [1.29, 1.82) is 0 Å². The lowest BCUT2D eigenvalue weighted by atomic mass is 10.4. The molecule has 1 aliphatic heterocycles. The van der Waals surface area contributed by atoms with E-state index in [0.717, 1.165) is 12.2 Å². The lowest BCUT2D eigenvalue weighted by Gasteiger charge is -2.02. The van der Waals surface area contributed by atoms with Crippen LogP contribution in [0, 0.1) is 0 Å². The summed E-state index contributed by atoms with van der Waals surface area (Å²) < 4.78 is 10.1. The first kappa shape index (κ1) is 5.48. The highest BCUT2D eigenvalue weighted by Crippen LogP contribution is 2.15. The predicted molar refractivity (Wildman–Crippen MR) is 30.0 cm³/mol. The van der Waals surface area contributed by atoms with Gasteiger partial charge in [-0.2, -0.15) is 0 Å². The van der Waals surface area contributed by atoms with Gasteiger partial charge < -0.3 is 9.47 Å². The third-order valence-electron chi connectivity index (χ3n) is 1.06. The summed E-state index contributed by atoms with van der Waals surface area (Å²) in [5, 5.41) is 0. The lowest BCUT2D eigenvalue weighted by molar-refractivity contribution is -0.0164. The molecule has 1 rings (SSSR count). The smallest absolute Gasteiger partial charge is 0.237 e. The average molecular weight is 114 g/mol. The van der Waals surface area contributed by atoms with E-state index in [1.165, 1.54) is 0 Å². The molecule has 0 spiro atoms. The van der Waals surface area contributed by atoms with Crippen LogP contribution in [0.2, 0.25) is 0 Å². The highest BCUT2D eigenvalue weighted by Gasteiger charge is 2.10. The fraction of sp³-hybridized carbons (Fsp3) is 0.667. The van der Waals surface area contributed by atoms with Crippen molar-refractivity contribution in [2.75, 3.05) is 0 Å². The van der Waals surface area contributed by atoms with Gasteiger partial charge in [0.2, 0.25) is 6.29 Å². The quantitative estimate of drug-likeness (QED) is 0.515. The van der Waals surface area contributed by atoms with E-state index in [1.807, 2.05) is 13.8 Å². The maximum absolute atomic E-state index is 5.15. The molecule has 0 bridgehead atoms. The monoisotopic (exact) mass is 114 g/mol. The molecule has 8 heavy (non-hydrogen) atoms. The van der Waals surface area contributed by atoms with Crippen molar-refractivity contribution in [3.05, 3.63) is 12.0 Å². The van der Waals surface area contributed by atoms with Crippen molar-refractivity contribution in [3.63, 3.8) is 0 Å². The summed E-state index contributed by atoms with van der Waals surface area (Å²) in [6, 6.07) is 0. The molecule has 0 aliphatic carbocycles. The van der Waals surface area contributed by atoms with Crippen LogP contribution in [-0.4, -0.2) is 6.29 Å². The molecule has 1 heterocycles. The first-order valence-corrected chi connectivity index (χ1v) is 2.84. The standard InChI is InChI=1S/C6H10O2/c1-3-6-4-7-5(2)8-6/h4-5H,3H2,1-2H3. The zero-order valence-corrected chi connectivity index (χ0v) is 5.18. The maximum Gasteiger partial charge on any atom is 0.237 e. The minimum absolute atomic E-state index is 0.0649. The van der Waals surface area contributed by atoms with E-state index in [1.54, 1.807) is 6.26 Å². The van der Waals surface area contributed by atoms with E-state index in [4.69, 9.17) is 9.47 Å². The molecule has 2 heteroatoms. The predicted octanol–water partition coefficient (Wildman–Crippen LogP) is 1.63. The maximum atomic E-state index is 5.15. The van der Waals surface area contributed by atoms with Crippen LogP contribution in [0.15, 0.2) is 12.0 Å². The molecule has 0 aromatic carbocycles. The molecule has 1 atom stereocenters. The van der Waals surface area contributed by atoms with E-state index >= 15 is 0 Å². The normalized spacial score (nSPS) is 26.2. The Morgan fingerprint density at radius 1 is 1.75 bits per heavy atom. The van der Waals surface area contributed by atoms with Gasteiger partial charge in [-0.25, -0.2) is 0 Å². The van der Waals surface area contributed by atoms with Crippen LogP contribution in [0.3, 0.4) is 0 Å². The molecule has 0 fully saturated rings. The number of hydrogen-bond donors (Lipinski definition) is 0. The first-order valence-electron chi connectivity index (χ1n) is 2.84. The van der Waals surface area contributed by atoms with Crippen molar-refractivity contribution >= 4 is 0 Å². The van der Waals surface area contributed by atoms with Crippen molar-refractivity contribution < 1.29 is 9.47 Å². The molecule has 2 nitrogen and oxygen atoms in total. The Hall–Kier alpha value is -0.660. The molecule has 46 valence electrons. The molecule has 1 unspecified atom stereocenters. The second-order valence-corrected chi connectivity index (χ2v) is 1.76. The zero-order valence-electron chi connectivity index (χ0n) is 5.18. The Kier molecular flexibility index (Phi) is 1.42. The van der Waals surface area contributed by atoms with Gasteiger partial charge in [-0.1, -0.05) is 6.92 Å². The summed E-state index contributed by atoms with van der Waals surface area (Å²) in [6.07, 6.45) is 2.53. The van der Waals surface area contributed by atoms with Gasteiger partial charge in [0.25, 0.3) is 0 Å². The van der Waals surface area contributed by atoms with Crippen molar-refractivity contribution in [3.8, 4) is 0 Å². The summed E-state index contributed by atoms with van der Waals surface area (Å²) in [4.78, 5) is 0. The van der Waals surface area contributed by atoms with E-state index in [-0.39, 0.29) is 6.29 Å². The van der Waals surface area contributed by atoms with Crippen molar-refractivity contribution in [2.24, 2.45) is 0 Å². The Morgan fingerprint density at radius 3 is 2.75 bits per heavy atom. The van der Waals surface area contributed by atoms with Crippen molar-refractivity contribution in [2.45, 2.75) is 26.6 Å². The summed E-state index contributed by atoms with van der Waals surface area (Å²) in [5.74, 6) is 0.942. The highest BCUT2D eigenvalue weighted by atomic mass is 16.7. The van der Waals surface area contributed by atoms with Crippen LogP contribution >= 0.6 is 0 Å². The molecular formula is C6H10O2. The van der Waals surface area contributed by atoms with Gasteiger partial charge in [0, 0.05) is 13.3 Å². The van der Waals surface area contributed by atoms with E-state index in [0.29, 0.717) is 0 Å². The second-order valence-electron chi connectivity index (χ2n) is 1.76. The van der Waals surface area contributed by atoms with Crippen LogP contribution in [0.5, 0.6) is 0 Å². The largest absolute Gasteiger partial charge is 0.459 e. The third-order valence-corrected chi connectivity index (χ3v) is 1.06. The first-order chi connectivity index (χ1) is 3.83. The van der Waals surface area contributed by atoms with Gasteiger partial charge in [0.1, 0.15) is 12.0 Å². The molecule has 0 N–H and O–H groups in total. The Labute approximate surface area is 49.1 Å². The molecule has 0 aromatic rings. The Bertz CT molecular complexity index is 107. The Balaban J connectivity index is 2.37. The number of hydrogen-bond acceptors (Lipinski definition) is 2. The van der Waals surface area contributed by atoms with Crippen LogP contribution in [-0.2, 0) is 9.47 Å². The van der Waals surface area contributed by atoms with Gasteiger partial charge in [-0.05, 0) is 0 Å². The topological polar surface area (TPSA) is 18.5 Å². The third kappa shape index (κ3) is 0.941. The van der Waals surface area contributed by atoms with E-state index < -0.39 is 0 Å². The van der Waals surface area contributed by atoms with E-state index in [9.17, 15) is 0 Å². The van der Waals surface area contributed by atoms with Crippen LogP contribution in [0.1, 0.15) is 20.3 Å². The zero-order chi connectivity index (χ0) is 5.98. The average Bonchev–Trinajstić information content (AvgIpc) is 2.14. The molecule has 0 radical (unpaired) electrons. The SMILES string of the molecule is CCC1=COC(C)O1. The van der Waals surface area contributed by atoms with Crippen LogP contribution in [0.4, 0.5) is 0 Å². The van der Waals surface area contributed by atoms with E-state index in [2.05, 4.69) is 0 Å². The Morgan fingerprint density at radius 2 is 2.50 bits per heavy atom. The van der Waals surface area contributed by atoms with Gasteiger partial charge in [-0.3, -0.25) is 0 Å². The highest BCUT2D eigenvalue weighted by molar-refractivity contribution is 4.89. The fourth-order valence-corrected chi connectivity index (χ4v) is 0.607. The van der Waals surface area contributed by atoms with Crippen LogP contribution in [0.25, 0.3) is 0 Å². The number of allylic oxidation sites excluding steroid dienone is 1. The summed E-state index contributed by atoms with van der Waals surface area (Å²) in [6.45, 7) is 3.91. The number of rotatable bonds is 1. The molecule has 0 aromatic heterocycles. The van der Waals surface area contributed by atoms with Gasteiger partial charge in [0.15, 0.2) is 0 Å². The van der Waals surface area contributed by atoms with Crippen molar-refractivity contribution in [1.82, 2.24) is 0 Å². The molecule has 0 saturated heterocycles. The lowest BCUT2D eigenvalue weighted by Crippen LogP contribution is -1.99.